The largest absolute Gasteiger partial charge is 0.496 e. The Labute approximate surface area is 119 Å². The normalized spacial score (nSPS) is 10.2. The van der Waals surface area contributed by atoms with E-state index in [1.807, 2.05) is 51.1 Å². The standard InChI is InChI=1S/C17H19NO2/c1-11-8-9-12(2)15(10-11)18-17(19)14-7-5-6-13(3)16(14)20-4/h5-10H,1-4H3,(H,18,19). The number of hydrogen-bond acceptors (Lipinski definition) is 2. The highest BCUT2D eigenvalue weighted by molar-refractivity contribution is 6.06. The molecule has 0 saturated heterocycles. The van der Waals surface area contributed by atoms with Crippen molar-refractivity contribution in [1.82, 2.24) is 0 Å². The van der Waals surface area contributed by atoms with Crippen LogP contribution in [0.3, 0.4) is 0 Å². The van der Waals surface area contributed by atoms with Crippen molar-refractivity contribution < 1.29 is 9.53 Å². The minimum Gasteiger partial charge on any atom is -0.496 e. The molecule has 3 nitrogen and oxygen atoms in total. The van der Waals surface area contributed by atoms with Crippen LogP contribution in [0.5, 0.6) is 5.75 Å². The molecule has 0 aromatic heterocycles. The third-order valence-corrected chi connectivity index (χ3v) is 3.30. The molecule has 20 heavy (non-hydrogen) atoms. The first-order valence-corrected chi connectivity index (χ1v) is 6.55. The molecule has 0 spiro atoms. The maximum absolute atomic E-state index is 12.4. The minimum absolute atomic E-state index is 0.153. The van der Waals surface area contributed by atoms with Crippen molar-refractivity contribution in [3.8, 4) is 5.75 Å². The first kappa shape index (κ1) is 14.1. The summed E-state index contributed by atoms with van der Waals surface area (Å²) in [6.07, 6.45) is 0. The van der Waals surface area contributed by atoms with Gasteiger partial charge in [0, 0.05) is 5.69 Å². The van der Waals surface area contributed by atoms with E-state index in [1.165, 1.54) is 0 Å². The number of carbonyl (C=O) groups excluding carboxylic acids is 1. The molecule has 2 rings (SSSR count). The zero-order valence-corrected chi connectivity index (χ0v) is 12.3. The van der Waals surface area contributed by atoms with E-state index in [4.69, 9.17) is 4.74 Å². The Balaban J connectivity index is 2.33. The second kappa shape index (κ2) is 5.78. The van der Waals surface area contributed by atoms with Crippen LogP contribution < -0.4 is 10.1 Å². The van der Waals surface area contributed by atoms with Gasteiger partial charge in [-0.3, -0.25) is 4.79 Å². The molecule has 0 aliphatic carbocycles. The van der Waals surface area contributed by atoms with Crippen molar-refractivity contribution in [3.63, 3.8) is 0 Å². The number of methoxy groups -OCH3 is 1. The highest BCUT2D eigenvalue weighted by atomic mass is 16.5. The average Bonchev–Trinajstić information content (AvgIpc) is 2.42. The third-order valence-electron chi connectivity index (χ3n) is 3.30. The summed E-state index contributed by atoms with van der Waals surface area (Å²) in [5, 5.41) is 2.95. The van der Waals surface area contributed by atoms with Crippen molar-refractivity contribution in [2.45, 2.75) is 20.8 Å². The van der Waals surface area contributed by atoms with E-state index in [1.54, 1.807) is 13.2 Å². The summed E-state index contributed by atoms with van der Waals surface area (Å²) in [4.78, 5) is 12.4. The highest BCUT2D eigenvalue weighted by Gasteiger charge is 2.14. The van der Waals surface area contributed by atoms with Crippen LogP contribution in [0.25, 0.3) is 0 Å². The molecule has 1 amide bonds. The number of anilines is 1. The molecule has 0 heterocycles. The zero-order valence-electron chi connectivity index (χ0n) is 12.3. The van der Waals surface area contributed by atoms with Gasteiger partial charge in [-0.15, -0.1) is 0 Å². The number of aryl methyl sites for hydroxylation is 3. The molecule has 0 aliphatic heterocycles. The van der Waals surface area contributed by atoms with Gasteiger partial charge < -0.3 is 10.1 Å². The van der Waals surface area contributed by atoms with Gasteiger partial charge in [0.25, 0.3) is 5.91 Å². The molecule has 0 saturated carbocycles. The number of carbonyl (C=O) groups is 1. The summed E-state index contributed by atoms with van der Waals surface area (Å²) in [7, 11) is 1.58. The Morgan fingerprint density at radius 2 is 1.80 bits per heavy atom. The van der Waals surface area contributed by atoms with Crippen LogP contribution in [0.1, 0.15) is 27.0 Å². The molecule has 104 valence electrons. The van der Waals surface area contributed by atoms with Gasteiger partial charge in [-0.1, -0.05) is 24.3 Å². The van der Waals surface area contributed by atoms with Gasteiger partial charge in [0.05, 0.1) is 12.7 Å². The fraction of sp³-hybridized carbons (Fsp3) is 0.235. The second-order valence-corrected chi connectivity index (χ2v) is 4.93. The molecule has 0 fully saturated rings. The summed E-state index contributed by atoms with van der Waals surface area (Å²) in [6, 6.07) is 11.5. The lowest BCUT2D eigenvalue weighted by Gasteiger charge is -2.13. The van der Waals surface area contributed by atoms with Gasteiger partial charge in [-0.2, -0.15) is 0 Å². The Kier molecular flexibility index (Phi) is 4.08. The lowest BCUT2D eigenvalue weighted by molar-refractivity contribution is 0.102. The Hall–Kier alpha value is -2.29. The van der Waals surface area contributed by atoms with Gasteiger partial charge in [0.1, 0.15) is 5.75 Å². The van der Waals surface area contributed by atoms with Crippen LogP contribution in [0.2, 0.25) is 0 Å². The molecular formula is C17H19NO2. The number of rotatable bonds is 3. The fourth-order valence-electron chi connectivity index (χ4n) is 2.16. The van der Waals surface area contributed by atoms with E-state index >= 15 is 0 Å². The van der Waals surface area contributed by atoms with Crippen molar-refractivity contribution >= 4 is 11.6 Å². The smallest absolute Gasteiger partial charge is 0.259 e. The molecular weight excluding hydrogens is 250 g/mol. The predicted octanol–water partition coefficient (Wildman–Crippen LogP) is 3.87. The maximum atomic E-state index is 12.4. The van der Waals surface area contributed by atoms with Crippen molar-refractivity contribution in [2.24, 2.45) is 0 Å². The molecule has 0 bridgehead atoms. The Bertz CT molecular complexity index is 647. The van der Waals surface area contributed by atoms with Crippen LogP contribution >= 0.6 is 0 Å². The van der Waals surface area contributed by atoms with Crippen LogP contribution in [0, 0.1) is 20.8 Å². The third kappa shape index (κ3) is 2.82. The number of nitrogens with one attached hydrogen (secondary N) is 1. The monoisotopic (exact) mass is 269 g/mol. The number of para-hydroxylation sites is 1. The highest BCUT2D eigenvalue weighted by Crippen LogP contribution is 2.25. The summed E-state index contributed by atoms with van der Waals surface area (Å²) < 4.78 is 5.33. The minimum atomic E-state index is -0.153. The van der Waals surface area contributed by atoms with Gasteiger partial charge in [-0.25, -0.2) is 0 Å². The number of amides is 1. The van der Waals surface area contributed by atoms with E-state index < -0.39 is 0 Å². The topological polar surface area (TPSA) is 38.3 Å². The summed E-state index contributed by atoms with van der Waals surface area (Å²) in [5.74, 6) is 0.467. The van der Waals surface area contributed by atoms with Gasteiger partial charge >= 0.3 is 0 Å². The van der Waals surface area contributed by atoms with Crippen LogP contribution in [0.15, 0.2) is 36.4 Å². The fourth-order valence-corrected chi connectivity index (χ4v) is 2.16. The molecule has 0 atom stereocenters. The van der Waals surface area contributed by atoms with Crippen LogP contribution in [-0.2, 0) is 0 Å². The lowest BCUT2D eigenvalue weighted by Crippen LogP contribution is -2.14. The van der Waals surface area contributed by atoms with E-state index in [-0.39, 0.29) is 5.91 Å². The van der Waals surface area contributed by atoms with E-state index in [2.05, 4.69) is 5.32 Å². The first-order valence-electron chi connectivity index (χ1n) is 6.55. The molecule has 1 N–H and O–H groups in total. The van der Waals surface area contributed by atoms with Gasteiger partial charge in [-0.05, 0) is 49.6 Å². The van der Waals surface area contributed by atoms with E-state index in [9.17, 15) is 4.79 Å². The summed E-state index contributed by atoms with van der Waals surface area (Å²) in [5.41, 5.74) is 4.48. The first-order chi connectivity index (χ1) is 9.52. The molecule has 0 radical (unpaired) electrons. The molecule has 2 aromatic rings. The number of benzene rings is 2. The zero-order chi connectivity index (χ0) is 14.7. The molecule has 3 heteroatoms. The predicted molar refractivity (Wildman–Crippen MR) is 81.6 cm³/mol. The van der Waals surface area contributed by atoms with Crippen LogP contribution in [0.4, 0.5) is 5.69 Å². The number of ether oxygens (including phenoxy) is 1. The Morgan fingerprint density at radius 3 is 2.50 bits per heavy atom. The number of hydrogen-bond donors (Lipinski definition) is 1. The second-order valence-electron chi connectivity index (χ2n) is 4.93. The van der Waals surface area contributed by atoms with Crippen LogP contribution in [-0.4, -0.2) is 13.0 Å². The van der Waals surface area contributed by atoms with E-state index in [0.29, 0.717) is 11.3 Å². The van der Waals surface area contributed by atoms with Crippen molar-refractivity contribution in [3.05, 3.63) is 58.7 Å². The molecule has 0 aliphatic rings. The quantitative estimate of drug-likeness (QED) is 0.918. The van der Waals surface area contributed by atoms with Gasteiger partial charge in [0.2, 0.25) is 0 Å². The van der Waals surface area contributed by atoms with E-state index in [0.717, 1.165) is 22.4 Å². The SMILES string of the molecule is COc1c(C)cccc1C(=O)Nc1cc(C)ccc1C. The summed E-state index contributed by atoms with van der Waals surface area (Å²) in [6.45, 7) is 5.90. The Morgan fingerprint density at radius 1 is 1.05 bits per heavy atom. The van der Waals surface area contributed by atoms with Crippen molar-refractivity contribution in [2.75, 3.05) is 12.4 Å². The summed E-state index contributed by atoms with van der Waals surface area (Å²) >= 11 is 0. The molecule has 2 aromatic carbocycles. The average molecular weight is 269 g/mol. The van der Waals surface area contributed by atoms with Crippen molar-refractivity contribution in [1.29, 1.82) is 0 Å². The maximum Gasteiger partial charge on any atom is 0.259 e. The van der Waals surface area contributed by atoms with Gasteiger partial charge in [0.15, 0.2) is 0 Å². The molecule has 0 unspecified atom stereocenters. The lowest BCUT2D eigenvalue weighted by atomic mass is 10.1.